The molecule has 134 valence electrons. The maximum atomic E-state index is 12.2. The van der Waals surface area contributed by atoms with Gasteiger partial charge in [0.15, 0.2) is 5.16 Å². The molecule has 1 atom stereocenters. The van der Waals surface area contributed by atoms with Crippen molar-refractivity contribution in [3.05, 3.63) is 40.7 Å². The van der Waals surface area contributed by atoms with Crippen LogP contribution in [0.25, 0.3) is 0 Å². The van der Waals surface area contributed by atoms with E-state index in [-0.39, 0.29) is 27.4 Å². The average Bonchev–Trinajstić information content (AvgIpc) is 2.53. The summed E-state index contributed by atoms with van der Waals surface area (Å²) in [7, 11) is -2.40. The second-order valence-electron chi connectivity index (χ2n) is 4.91. The van der Waals surface area contributed by atoms with Crippen LogP contribution in [0.3, 0.4) is 0 Å². The monoisotopic (exact) mass is 384 g/mol. The summed E-state index contributed by atoms with van der Waals surface area (Å²) in [6, 6.07) is 6.65. The van der Waals surface area contributed by atoms with E-state index in [0.717, 1.165) is 11.8 Å². The summed E-state index contributed by atoms with van der Waals surface area (Å²) in [6.07, 6.45) is 0. The number of nitrogens with zero attached hydrogens (tertiary/aromatic N) is 1. The molecule has 0 spiro atoms. The Morgan fingerprint density at radius 3 is 2.56 bits per heavy atom. The van der Waals surface area contributed by atoms with Crippen LogP contribution in [0.2, 0.25) is 0 Å². The molecular weight excluding hydrogens is 368 g/mol. The van der Waals surface area contributed by atoms with Gasteiger partial charge < -0.3 is 15.0 Å². The van der Waals surface area contributed by atoms with Crippen LogP contribution >= 0.6 is 11.8 Å². The SMILES string of the molecule is COc1cc(=O)[nH]c(SC(C)C(=O)Nc2ccc(S(N)(=O)=O)cc2)n1. The van der Waals surface area contributed by atoms with Gasteiger partial charge in [-0.15, -0.1) is 0 Å². The number of thioether (sulfide) groups is 1. The number of hydrogen-bond donors (Lipinski definition) is 3. The number of nitrogens with one attached hydrogen (secondary N) is 2. The zero-order chi connectivity index (χ0) is 18.6. The average molecular weight is 384 g/mol. The van der Waals surface area contributed by atoms with Crippen LogP contribution in [0.15, 0.2) is 45.2 Å². The van der Waals surface area contributed by atoms with Crippen molar-refractivity contribution in [2.75, 3.05) is 12.4 Å². The van der Waals surface area contributed by atoms with Gasteiger partial charge in [0.25, 0.3) is 5.56 Å². The van der Waals surface area contributed by atoms with E-state index in [4.69, 9.17) is 9.88 Å². The molecule has 1 aromatic carbocycles. The fraction of sp³-hybridized carbons (Fsp3) is 0.214. The number of amides is 1. The summed E-state index contributed by atoms with van der Waals surface area (Å²) in [5, 5.41) is 7.32. The maximum absolute atomic E-state index is 12.2. The Bertz CT molecular complexity index is 925. The normalized spacial score (nSPS) is 12.4. The summed E-state index contributed by atoms with van der Waals surface area (Å²) in [6.45, 7) is 1.64. The third kappa shape index (κ3) is 5.31. The molecule has 2 aromatic rings. The highest BCUT2D eigenvalue weighted by Crippen LogP contribution is 2.21. The number of ether oxygens (including phenoxy) is 1. The molecule has 1 aromatic heterocycles. The van der Waals surface area contributed by atoms with Crippen molar-refractivity contribution in [3.8, 4) is 5.88 Å². The van der Waals surface area contributed by atoms with E-state index in [1.165, 1.54) is 37.4 Å². The van der Waals surface area contributed by atoms with Gasteiger partial charge in [-0.1, -0.05) is 11.8 Å². The fourth-order valence-electron chi connectivity index (χ4n) is 1.77. The molecule has 0 aliphatic heterocycles. The third-order valence-electron chi connectivity index (χ3n) is 3.01. The van der Waals surface area contributed by atoms with Gasteiger partial charge in [-0.3, -0.25) is 9.59 Å². The number of H-pyrrole nitrogens is 1. The fourth-order valence-corrected chi connectivity index (χ4v) is 3.09. The van der Waals surface area contributed by atoms with Crippen LogP contribution < -0.4 is 20.8 Å². The summed E-state index contributed by atoms with van der Waals surface area (Å²) >= 11 is 1.05. The smallest absolute Gasteiger partial charge is 0.255 e. The molecule has 1 heterocycles. The molecular formula is C14H16N4O5S2. The number of carbonyl (C=O) groups is 1. The van der Waals surface area contributed by atoms with Gasteiger partial charge in [0, 0.05) is 5.69 Å². The molecule has 0 saturated carbocycles. The number of anilines is 1. The summed E-state index contributed by atoms with van der Waals surface area (Å²) in [5.41, 5.74) is 0.0254. The van der Waals surface area contributed by atoms with Gasteiger partial charge in [0.2, 0.25) is 21.8 Å². The number of hydrogen-bond acceptors (Lipinski definition) is 7. The van der Waals surface area contributed by atoms with Crippen molar-refractivity contribution >= 4 is 33.4 Å². The number of rotatable bonds is 6. The minimum atomic E-state index is -3.79. The van der Waals surface area contributed by atoms with Crippen LogP contribution in [0.1, 0.15) is 6.92 Å². The predicted octanol–water partition coefficient (Wildman–Crippen LogP) is 0.545. The number of sulfonamides is 1. The predicted molar refractivity (Wildman–Crippen MR) is 93.2 cm³/mol. The van der Waals surface area contributed by atoms with E-state index in [9.17, 15) is 18.0 Å². The van der Waals surface area contributed by atoms with Crippen molar-refractivity contribution in [2.24, 2.45) is 5.14 Å². The molecule has 0 radical (unpaired) electrons. The van der Waals surface area contributed by atoms with E-state index in [2.05, 4.69) is 15.3 Å². The first kappa shape index (κ1) is 19.0. The molecule has 1 amide bonds. The molecule has 2 rings (SSSR count). The molecule has 11 heteroatoms. The molecule has 0 fully saturated rings. The Balaban J connectivity index is 2.05. The number of aromatic nitrogens is 2. The highest BCUT2D eigenvalue weighted by molar-refractivity contribution is 8.00. The summed E-state index contributed by atoms with van der Waals surface area (Å²) in [5.74, 6) is -0.198. The lowest BCUT2D eigenvalue weighted by Gasteiger charge is -2.12. The Kier molecular flexibility index (Phi) is 5.82. The van der Waals surface area contributed by atoms with E-state index in [1.807, 2.05) is 0 Å². The highest BCUT2D eigenvalue weighted by Gasteiger charge is 2.17. The van der Waals surface area contributed by atoms with Gasteiger partial charge in [-0.05, 0) is 31.2 Å². The third-order valence-corrected chi connectivity index (χ3v) is 4.93. The van der Waals surface area contributed by atoms with Crippen LogP contribution in [0.4, 0.5) is 5.69 Å². The molecule has 1 unspecified atom stereocenters. The van der Waals surface area contributed by atoms with Gasteiger partial charge in [-0.25, -0.2) is 13.6 Å². The molecule has 0 aliphatic rings. The number of nitrogens with two attached hydrogens (primary N) is 1. The second kappa shape index (κ2) is 7.68. The lowest BCUT2D eigenvalue weighted by molar-refractivity contribution is -0.115. The maximum Gasteiger partial charge on any atom is 0.255 e. The minimum absolute atomic E-state index is 0.0499. The number of primary sulfonamides is 1. The standard InChI is InChI=1S/C14H16N4O5S2/c1-8(24-14-17-11(19)7-12(18-14)23-2)13(20)16-9-3-5-10(6-4-9)25(15,21)22/h3-8H,1-2H3,(H,16,20)(H2,15,21,22)(H,17,18,19). The van der Waals surface area contributed by atoms with E-state index >= 15 is 0 Å². The quantitative estimate of drug-likeness (QED) is 0.487. The zero-order valence-electron chi connectivity index (χ0n) is 13.3. The topological polar surface area (TPSA) is 144 Å². The Morgan fingerprint density at radius 2 is 2.00 bits per heavy atom. The summed E-state index contributed by atoms with van der Waals surface area (Å²) in [4.78, 5) is 30.2. The Morgan fingerprint density at radius 1 is 1.36 bits per heavy atom. The van der Waals surface area contributed by atoms with Gasteiger partial charge in [-0.2, -0.15) is 4.98 Å². The van der Waals surface area contributed by atoms with E-state index in [1.54, 1.807) is 6.92 Å². The van der Waals surface area contributed by atoms with Crippen LogP contribution in [0.5, 0.6) is 5.88 Å². The zero-order valence-corrected chi connectivity index (χ0v) is 15.0. The van der Waals surface area contributed by atoms with E-state index < -0.39 is 15.3 Å². The van der Waals surface area contributed by atoms with Gasteiger partial charge in [0.05, 0.1) is 23.3 Å². The first-order valence-electron chi connectivity index (χ1n) is 6.95. The Labute approximate surface area is 148 Å². The lowest BCUT2D eigenvalue weighted by Crippen LogP contribution is -2.23. The van der Waals surface area contributed by atoms with Crippen molar-refractivity contribution < 1.29 is 17.9 Å². The molecule has 25 heavy (non-hydrogen) atoms. The first-order valence-corrected chi connectivity index (χ1v) is 9.37. The highest BCUT2D eigenvalue weighted by atomic mass is 32.2. The van der Waals surface area contributed by atoms with Crippen LogP contribution in [0, 0.1) is 0 Å². The largest absolute Gasteiger partial charge is 0.481 e. The van der Waals surface area contributed by atoms with Crippen LogP contribution in [-0.4, -0.2) is 36.7 Å². The summed E-state index contributed by atoms with van der Waals surface area (Å²) < 4.78 is 27.3. The van der Waals surface area contributed by atoms with Crippen molar-refractivity contribution in [1.82, 2.24) is 9.97 Å². The van der Waals surface area contributed by atoms with Gasteiger partial charge in [0.1, 0.15) is 0 Å². The van der Waals surface area contributed by atoms with Crippen molar-refractivity contribution in [3.63, 3.8) is 0 Å². The molecule has 0 bridgehead atoms. The van der Waals surface area contributed by atoms with Gasteiger partial charge >= 0.3 is 0 Å². The molecule has 0 aliphatic carbocycles. The van der Waals surface area contributed by atoms with Crippen molar-refractivity contribution in [1.29, 1.82) is 0 Å². The Hall–Kier alpha value is -2.37. The first-order chi connectivity index (χ1) is 11.7. The number of aromatic amines is 1. The number of methoxy groups -OCH3 is 1. The molecule has 0 saturated heterocycles. The number of benzene rings is 1. The second-order valence-corrected chi connectivity index (χ2v) is 7.80. The lowest BCUT2D eigenvalue weighted by atomic mass is 10.3. The molecule has 9 nitrogen and oxygen atoms in total. The van der Waals surface area contributed by atoms with E-state index in [0.29, 0.717) is 5.69 Å². The number of carbonyl (C=O) groups excluding carboxylic acids is 1. The van der Waals surface area contributed by atoms with Crippen molar-refractivity contribution in [2.45, 2.75) is 22.2 Å². The van der Waals surface area contributed by atoms with Crippen LogP contribution in [-0.2, 0) is 14.8 Å². The minimum Gasteiger partial charge on any atom is -0.481 e. The molecule has 4 N–H and O–H groups in total.